The molecule has 0 atom stereocenters. The van der Waals surface area contributed by atoms with E-state index in [1.165, 1.54) is 25.7 Å². The van der Waals surface area contributed by atoms with Crippen molar-refractivity contribution >= 4 is 0 Å². The third-order valence-electron chi connectivity index (χ3n) is 5.42. The molecule has 2 aliphatic rings. The van der Waals surface area contributed by atoms with Gasteiger partial charge in [0.05, 0.1) is 11.2 Å². The van der Waals surface area contributed by atoms with E-state index < -0.39 is 0 Å². The summed E-state index contributed by atoms with van der Waals surface area (Å²) in [6.07, 6.45) is 5.30. The van der Waals surface area contributed by atoms with Crippen molar-refractivity contribution in [3.63, 3.8) is 0 Å². The fraction of sp³-hybridized carbons (Fsp3) is 1.00. The lowest BCUT2D eigenvalue weighted by Crippen LogP contribution is -2.46. The largest absolute Gasteiger partial charge is 0.369 e. The third kappa shape index (κ3) is 1.73. The summed E-state index contributed by atoms with van der Waals surface area (Å²) >= 11 is 0. The molecule has 2 aliphatic carbocycles. The van der Waals surface area contributed by atoms with Crippen LogP contribution in [0, 0.1) is 10.8 Å². The Kier molecular flexibility index (Phi) is 2.13. The maximum atomic E-state index is 6.48. The molecule has 0 bridgehead atoms. The minimum Gasteiger partial charge on any atom is -0.369 e. The summed E-state index contributed by atoms with van der Waals surface area (Å²) < 4.78 is 6.48. The highest BCUT2D eigenvalue weighted by atomic mass is 16.5. The van der Waals surface area contributed by atoms with E-state index in [0.29, 0.717) is 10.8 Å². The molecule has 0 amide bonds. The van der Waals surface area contributed by atoms with Gasteiger partial charge in [-0.15, -0.1) is 0 Å². The van der Waals surface area contributed by atoms with Gasteiger partial charge in [0, 0.05) is 0 Å². The molecule has 0 unspecified atom stereocenters. The predicted molar refractivity (Wildman–Crippen MR) is 63.9 cm³/mol. The molecule has 0 aromatic carbocycles. The summed E-state index contributed by atoms with van der Waals surface area (Å²) in [5.41, 5.74) is 0.912. The van der Waals surface area contributed by atoms with Gasteiger partial charge in [-0.3, -0.25) is 0 Å². The number of hydrogen-bond donors (Lipinski definition) is 0. The Hall–Kier alpha value is -0.0400. The Morgan fingerprint density at radius 2 is 1.00 bits per heavy atom. The van der Waals surface area contributed by atoms with Gasteiger partial charge in [0.25, 0.3) is 0 Å². The van der Waals surface area contributed by atoms with E-state index in [9.17, 15) is 0 Å². The summed E-state index contributed by atoms with van der Waals surface area (Å²) in [7, 11) is 0. The second-order valence-electron chi connectivity index (χ2n) is 7.24. The van der Waals surface area contributed by atoms with E-state index in [4.69, 9.17) is 4.74 Å². The zero-order valence-electron chi connectivity index (χ0n) is 11.2. The zero-order chi connectivity index (χ0) is 11.5. The van der Waals surface area contributed by atoms with Crippen molar-refractivity contribution in [2.45, 2.75) is 78.4 Å². The molecule has 0 N–H and O–H groups in total. The molecular weight excluding hydrogens is 184 g/mol. The molecule has 0 aromatic rings. The van der Waals surface area contributed by atoms with E-state index in [-0.39, 0.29) is 11.2 Å². The molecule has 2 fully saturated rings. The van der Waals surface area contributed by atoms with Crippen LogP contribution in [0.2, 0.25) is 0 Å². The maximum Gasteiger partial charge on any atom is 0.0687 e. The number of hydrogen-bond acceptors (Lipinski definition) is 1. The van der Waals surface area contributed by atoms with Crippen molar-refractivity contribution in [3.05, 3.63) is 0 Å². The molecule has 2 saturated carbocycles. The van der Waals surface area contributed by atoms with Crippen molar-refractivity contribution in [1.29, 1.82) is 0 Å². The van der Waals surface area contributed by atoms with Crippen LogP contribution in [0.3, 0.4) is 0 Å². The zero-order valence-corrected chi connectivity index (χ0v) is 11.2. The van der Waals surface area contributed by atoms with Gasteiger partial charge in [0.2, 0.25) is 0 Å². The van der Waals surface area contributed by atoms with E-state index in [1.54, 1.807) is 0 Å². The summed E-state index contributed by atoms with van der Waals surface area (Å²) in [5, 5.41) is 0. The SMILES string of the molecule is CC1(C(C)(C)OC(C)(C)C2(C)CC2)CC1. The minimum atomic E-state index is 0.0299. The van der Waals surface area contributed by atoms with Crippen molar-refractivity contribution in [1.82, 2.24) is 0 Å². The van der Waals surface area contributed by atoms with E-state index in [2.05, 4.69) is 41.5 Å². The summed E-state index contributed by atoms with van der Waals surface area (Å²) in [6, 6.07) is 0. The van der Waals surface area contributed by atoms with Crippen LogP contribution in [0.25, 0.3) is 0 Å². The van der Waals surface area contributed by atoms with Crippen LogP contribution >= 0.6 is 0 Å². The molecule has 0 aromatic heterocycles. The lowest BCUT2D eigenvalue weighted by atomic mass is 9.84. The first-order valence-electron chi connectivity index (χ1n) is 6.32. The summed E-state index contributed by atoms with van der Waals surface area (Å²) in [5.74, 6) is 0. The van der Waals surface area contributed by atoms with E-state index >= 15 is 0 Å². The maximum absolute atomic E-state index is 6.48. The molecule has 1 heteroatoms. The monoisotopic (exact) mass is 210 g/mol. The van der Waals surface area contributed by atoms with Gasteiger partial charge in [-0.25, -0.2) is 0 Å². The number of rotatable bonds is 4. The van der Waals surface area contributed by atoms with Gasteiger partial charge in [-0.05, 0) is 64.2 Å². The molecule has 0 heterocycles. The second-order valence-corrected chi connectivity index (χ2v) is 7.24. The first kappa shape index (κ1) is 11.4. The van der Waals surface area contributed by atoms with E-state index in [1.807, 2.05) is 0 Å². The van der Waals surface area contributed by atoms with Gasteiger partial charge < -0.3 is 4.74 Å². The molecule has 15 heavy (non-hydrogen) atoms. The lowest BCUT2D eigenvalue weighted by molar-refractivity contribution is -0.180. The Bertz CT molecular complexity index is 239. The highest BCUT2D eigenvalue weighted by molar-refractivity contribution is 5.07. The third-order valence-corrected chi connectivity index (χ3v) is 5.42. The average molecular weight is 210 g/mol. The highest BCUT2D eigenvalue weighted by Crippen LogP contribution is 2.61. The van der Waals surface area contributed by atoms with Gasteiger partial charge in [0.15, 0.2) is 0 Å². The lowest BCUT2D eigenvalue weighted by Gasteiger charge is -2.43. The quantitative estimate of drug-likeness (QED) is 0.677. The molecule has 0 radical (unpaired) electrons. The molecule has 0 spiro atoms. The van der Waals surface area contributed by atoms with Crippen LogP contribution in [0.5, 0.6) is 0 Å². The predicted octanol–water partition coefficient (Wildman–Crippen LogP) is 4.16. The van der Waals surface area contributed by atoms with Gasteiger partial charge in [-0.2, -0.15) is 0 Å². The van der Waals surface area contributed by atoms with Gasteiger partial charge >= 0.3 is 0 Å². The van der Waals surface area contributed by atoms with Crippen LogP contribution in [0.15, 0.2) is 0 Å². The van der Waals surface area contributed by atoms with Crippen molar-refractivity contribution in [2.24, 2.45) is 10.8 Å². The Morgan fingerprint density at radius 1 is 0.733 bits per heavy atom. The smallest absolute Gasteiger partial charge is 0.0687 e. The normalized spacial score (nSPS) is 27.6. The summed E-state index contributed by atoms with van der Waals surface area (Å²) in [6.45, 7) is 13.8. The molecule has 1 nitrogen and oxygen atoms in total. The van der Waals surface area contributed by atoms with Crippen LogP contribution in [-0.4, -0.2) is 11.2 Å². The van der Waals surface area contributed by atoms with Crippen molar-refractivity contribution in [3.8, 4) is 0 Å². The van der Waals surface area contributed by atoms with Crippen LogP contribution in [-0.2, 0) is 4.74 Å². The Balaban J connectivity index is 2.07. The average Bonchev–Trinajstić information content (AvgIpc) is 2.88. The Labute approximate surface area is 94.6 Å². The fourth-order valence-electron chi connectivity index (χ4n) is 2.46. The molecule has 2 rings (SSSR count). The highest BCUT2D eigenvalue weighted by Gasteiger charge is 2.58. The first-order chi connectivity index (χ1) is 6.62. The Morgan fingerprint density at radius 3 is 1.20 bits per heavy atom. The van der Waals surface area contributed by atoms with Gasteiger partial charge in [0.1, 0.15) is 0 Å². The standard InChI is InChI=1S/C14H26O/c1-11(2,13(5)7-8-13)15-12(3,4)14(6)9-10-14/h7-10H2,1-6H3. The van der Waals surface area contributed by atoms with E-state index in [0.717, 1.165) is 0 Å². The van der Waals surface area contributed by atoms with Gasteiger partial charge in [-0.1, -0.05) is 13.8 Å². The first-order valence-corrected chi connectivity index (χ1v) is 6.32. The molecule has 0 aliphatic heterocycles. The second kappa shape index (κ2) is 2.80. The fourth-order valence-corrected chi connectivity index (χ4v) is 2.46. The van der Waals surface area contributed by atoms with Crippen LogP contribution in [0.1, 0.15) is 67.2 Å². The molecule has 88 valence electrons. The minimum absolute atomic E-state index is 0.0299. The molecular formula is C14H26O. The van der Waals surface area contributed by atoms with Crippen LogP contribution < -0.4 is 0 Å². The van der Waals surface area contributed by atoms with Crippen molar-refractivity contribution in [2.75, 3.05) is 0 Å². The van der Waals surface area contributed by atoms with Crippen LogP contribution in [0.4, 0.5) is 0 Å². The van der Waals surface area contributed by atoms with Crippen molar-refractivity contribution < 1.29 is 4.74 Å². The molecule has 0 saturated heterocycles. The topological polar surface area (TPSA) is 9.23 Å². The summed E-state index contributed by atoms with van der Waals surface area (Å²) in [4.78, 5) is 0. The number of ether oxygens (including phenoxy) is 1.